The number of nitrogens with one attached hydrogen (secondary N) is 2. The second-order valence-corrected chi connectivity index (χ2v) is 8.54. The van der Waals surface area contributed by atoms with Gasteiger partial charge in [0.25, 0.3) is 5.91 Å². The number of halogens is 1. The molecule has 1 atom stereocenters. The third-order valence-corrected chi connectivity index (χ3v) is 6.76. The first-order chi connectivity index (χ1) is 13.2. The van der Waals surface area contributed by atoms with E-state index in [-0.39, 0.29) is 36.8 Å². The van der Waals surface area contributed by atoms with Gasteiger partial charge in [-0.1, -0.05) is 0 Å². The number of imide groups is 1. The average Bonchev–Trinajstić information content (AvgIpc) is 2.68. The number of nitrogens with zero attached hydrogens (tertiary/aromatic N) is 1. The molecule has 1 aliphatic heterocycles. The van der Waals surface area contributed by atoms with Crippen molar-refractivity contribution in [3.8, 4) is 0 Å². The predicted molar refractivity (Wildman–Crippen MR) is 101 cm³/mol. The first kappa shape index (κ1) is 22.3. The van der Waals surface area contributed by atoms with Crippen molar-refractivity contribution in [2.75, 3.05) is 33.4 Å². The first-order valence-corrected chi connectivity index (χ1v) is 10.5. The van der Waals surface area contributed by atoms with E-state index in [0.29, 0.717) is 4.47 Å². The summed E-state index contributed by atoms with van der Waals surface area (Å²) in [5.74, 6) is -1.71. The molecule has 2 rings (SSSR count). The minimum absolute atomic E-state index is 0.0466. The number of carbonyl (C=O) groups is 3. The molecule has 1 aromatic carbocycles. The largest absolute Gasteiger partial charge is 0.449 e. The molecular formula is C16H20BrN3O7S. The summed E-state index contributed by atoms with van der Waals surface area (Å²) < 4.78 is 37.4. The molecule has 1 unspecified atom stereocenters. The fourth-order valence-corrected chi connectivity index (χ4v) is 4.67. The highest BCUT2D eigenvalue weighted by atomic mass is 79.9. The van der Waals surface area contributed by atoms with Gasteiger partial charge in [0.2, 0.25) is 10.0 Å². The number of benzene rings is 1. The molecule has 2 N–H and O–H groups in total. The number of carbonyl (C=O) groups excluding carboxylic acids is 3. The molecule has 1 aliphatic rings. The molecular weight excluding hydrogens is 458 g/mol. The van der Waals surface area contributed by atoms with Crippen molar-refractivity contribution in [3.05, 3.63) is 28.2 Å². The SMILES string of the molecule is CNC(=O)NC(=O)C(C)OC(=O)c1ccc(Br)c(S(=O)(=O)N2CCOCC2)c1. The second kappa shape index (κ2) is 9.45. The van der Waals surface area contributed by atoms with Crippen molar-refractivity contribution in [3.63, 3.8) is 0 Å². The van der Waals surface area contributed by atoms with Crippen LogP contribution in [-0.4, -0.2) is 70.1 Å². The summed E-state index contributed by atoms with van der Waals surface area (Å²) in [7, 11) is -2.52. The van der Waals surface area contributed by atoms with E-state index in [4.69, 9.17) is 9.47 Å². The number of hydrogen-bond donors (Lipinski definition) is 2. The van der Waals surface area contributed by atoms with Crippen LogP contribution in [0.3, 0.4) is 0 Å². The van der Waals surface area contributed by atoms with E-state index in [1.807, 2.05) is 5.32 Å². The maximum Gasteiger partial charge on any atom is 0.338 e. The topological polar surface area (TPSA) is 131 Å². The molecule has 12 heteroatoms. The van der Waals surface area contributed by atoms with Crippen molar-refractivity contribution in [1.82, 2.24) is 14.9 Å². The van der Waals surface area contributed by atoms with Gasteiger partial charge >= 0.3 is 12.0 Å². The molecule has 1 aromatic rings. The number of rotatable bonds is 5. The zero-order valence-electron chi connectivity index (χ0n) is 15.2. The van der Waals surface area contributed by atoms with Gasteiger partial charge < -0.3 is 14.8 Å². The van der Waals surface area contributed by atoms with Crippen LogP contribution in [0.1, 0.15) is 17.3 Å². The Morgan fingerprint density at radius 1 is 1.25 bits per heavy atom. The van der Waals surface area contributed by atoms with E-state index in [2.05, 4.69) is 21.2 Å². The Balaban J connectivity index is 2.18. The molecule has 0 saturated carbocycles. The molecule has 0 aliphatic carbocycles. The summed E-state index contributed by atoms with van der Waals surface area (Å²) in [5.41, 5.74) is -0.0466. The van der Waals surface area contributed by atoms with E-state index in [9.17, 15) is 22.8 Å². The van der Waals surface area contributed by atoms with Crippen LogP contribution in [0.5, 0.6) is 0 Å². The van der Waals surface area contributed by atoms with E-state index in [1.54, 1.807) is 0 Å². The Hall–Kier alpha value is -2.02. The lowest BCUT2D eigenvalue weighted by atomic mass is 10.2. The number of hydrogen-bond acceptors (Lipinski definition) is 7. The van der Waals surface area contributed by atoms with Crippen molar-refractivity contribution in [2.45, 2.75) is 17.9 Å². The van der Waals surface area contributed by atoms with Gasteiger partial charge in [0.1, 0.15) is 0 Å². The maximum absolute atomic E-state index is 12.8. The summed E-state index contributed by atoms with van der Waals surface area (Å²) in [4.78, 5) is 35.2. The minimum Gasteiger partial charge on any atom is -0.449 e. The first-order valence-electron chi connectivity index (χ1n) is 8.28. The monoisotopic (exact) mass is 477 g/mol. The molecule has 1 fully saturated rings. The Kier molecular flexibility index (Phi) is 7.52. The second-order valence-electron chi connectivity index (χ2n) is 5.78. The highest BCUT2D eigenvalue weighted by Crippen LogP contribution is 2.27. The Labute approximate surface area is 170 Å². The number of sulfonamides is 1. The van der Waals surface area contributed by atoms with Crippen LogP contribution >= 0.6 is 15.9 Å². The summed E-state index contributed by atoms with van der Waals surface area (Å²) in [5, 5.41) is 4.19. The van der Waals surface area contributed by atoms with Gasteiger partial charge in [-0.2, -0.15) is 4.31 Å². The standard InChI is InChI=1S/C16H20BrN3O7S/c1-10(14(21)19-16(23)18-2)27-15(22)11-3-4-12(17)13(9-11)28(24,25)20-5-7-26-8-6-20/h3-4,9-10H,5-8H2,1-2H3,(H2,18,19,21,23). The minimum atomic E-state index is -3.85. The van der Waals surface area contributed by atoms with Gasteiger partial charge in [-0.15, -0.1) is 0 Å². The van der Waals surface area contributed by atoms with Gasteiger partial charge in [0.05, 0.1) is 23.7 Å². The Morgan fingerprint density at radius 3 is 2.50 bits per heavy atom. The smallest absolute Gasteiger partial charge is 0.338 e. The third-order valence-electron chi connectivity index (χ3n) is 3.87. The molecule has 154 valence electrons. The molecule has 1 heterocycles. The number of amides is 3. The number of ether oxygens (including phenoxy) is 2. The van der Waals surface area contributed by atoms with Crippen LogP contribution in [0.2, 0.25) is 0 Å². The fourth-order valence-electron chi connectivity index (χ4n) is 2.31. The number of esters is 1. The van der Waals surface area contributed by atoms with Gasteiger partial charge in [-0.05, 0) is 41.1 Å². The zero-order valence-corrected chi connectivity index (χ0v) is 17.6. The zero-order chi connectivity index (χ0) is 20.9. The normalized spacial score (nSPS) is 16.1. The third kappa shape index (κ3) is 5.28. The van der Waals surface area contributed by atoms with E-state index < -0.39 is 34.0 Å². The lowest BCUT2D eigenvalue weighted by molar-refractivity contribution is -0.127. The molecule has 10 nitrogen and oxygen atoms in total. The summed E-state index contributed by atoms with van der Waals surface area (Å²) >= 11 is 3.19. The van der Waals surface area contributed by atoms with Gasteiger partial charge in [-0.3, -0.25) is 10.1 Å². The molecule has 0 bridgehead atoms. The van der Waals surface area contributed by atoms with Crippen LogP contribution in [0.15, 0.2) is 27.6 Å². The fraction of sp³-hybridized carbons (Fsp3) is 0.438. The molecule has 1 saturated heterocycles. The summed E-state index contributed by atoms with van der Waals surface area (Å²) in [6, 6.07) is 3.23. The van der Waals surface area contributed by atoms with E-state index in [0.717, 1.165) is 0 Å². The predicted octanol–water partition coefficient (Wildman–Crippen LogP) is 0.471. The van der Waals surface area contributed by atoms with Crippen molar-refractivity contribution in [1.29, 1.82) is 0 Å². The number of urea groups is 1. The number of morpholine rings is 1. The molecule has 0 aromatic heterocycles. The van der Waals surface area contributed by atoms with Crippen LogP contribution in [0.4, 0.5) is 4.79 Å². The van der Waals surface area contributed by atoms with Gasteiger partial charge in [0.15, 0.2) is 6.10 Å². The lowest BCUT2D eigenvalue weighted by Gasteiger charge is -2.26. The van der Waals surface area contributed by atoms with Crippen LogP contribution in [-0.2, 0) is 24.3 Å². The van der Waals surface area contributed by atoms with Crippen molar-refractivity contribution in [2.24, 2.45) is 0 Å². The van der Waals surface area contributed by atoms with E-state index >= 15 is 0 Å². The van der Waals surface area contributed by atoms with Gasteiger partial charge in [0, 0.05) is 24.6 Å². The molecule has 28 heavy (non-hydrogen) atoms. The Bertz CT molecular complexity index is 869. The average molecular weight is 478 g/mol. The van der Waals surface area contributed by atoms with Crippen LogP contribution < -0.4 is 10.6 Å². The van der Waals surface area contributed by atoms with Crippen molar-refractivity contribution >= 4 is 43.9 Å². The lowest BCUT2D eigenvalue weighted by Crippen LogP contribution is -2.43. The maximum atomic E-state index is 12.8. The Morgan fingerprint density at radius 2 is 1.89 bits per heavy atom. The molecule has 3 amide bonds. The molecule has 0 spiro atoms. The summed E-state index contributed by atoms with van der Waals surface area (Å²) in [6.07, 6.45) is -1.26. The van der Waals surface area contributed by atoms with Crippen molar-refractivity contribution < 1.29 is 32.3 Å². The molecule has 0 radical (unpaired) electrons. The van der Waals surface area contributed by atoms with Gasteiger partial charge in [-0.25, -0.2) is 18.0 Å². The van der Waals surface area contributed by atoms with Crippen LogP contribution in [0, 0.1) is 0 Å². The van der Waals surface area contributed by atoms with Crippen LogP contribution in [0.25, 0.3) is 0 Å². The quantitative estimate of drug-likeness (QED) is 0.589. The van der Waals surface area contributed by atoms with E-state index in [1.165, 1.54) is 36.5 Å². The highest BCUT2D eigenvalue weighted by Gasteiger charge is 2.29. The highest BCUT2D eigenvalue weighted by molar-refractivity contribution is 9.10. The summed E-state index contributed by atoms with van der Waals surface area (Å²) in [6.45, 7) is 2.29.